The molecule has 0 saturated carbocycles. The molecule has 6 heteroatoms. The van der Waals surface area contributed by atoms with Crippen LogP contribution in [0.4, 0.5) is 0 Å². The Kier molecular flexibility index (Phi) is 12.9. The zero-order chi connectivity index (χ0) is 16.8. The van der Waals surface area contributed by atoms with Crippen LogP contribution in [0.15, 0.2) is 0 Å². The molecule has 0 spiro atoms. The van der Waals surface area contributed by atoms with Crippen molar-refractivity contribution in [3.8, 4) is 0 Å². The van der Waals surface area contributed by atoms with E-state index in [9.17, 15) is 0 Å². The Balaban J connectivity index is 5.34. The predicted octanol–water partition coefficient (Wildman–Crippen LogP) is 4.13. The molecular weight excluding hydrogens is 351 g/mol. The normalized spacial score (nSPS) is 14.0. The summed E-state index contributed by atoms with van der Waals surface area (Å²) < 4.78 is 30.6. The van der Waals surface area contributed by atoms with Gasteiger partial charge in [0.1, 0.15) is 0 Å². The van der Waals surface area contributed by atoms with E-state index in [0.29, 0.717) is 33.0 Å². The molecule has 0 N–H and O–H groups in total. The third kappa shape index (κ3) is 7.73. The molecule has 0 aliphatic carbocycles. The SMILES string of the molecule is CCCCO[SeH](OCCC)(OCCC)(OCCC)OCCC. The quantitative estimate of drug-likeness (QED) is 0.293. The Labute approximate surface area is 139 Å². The van der Waals surface area contributed by atoms with Crippen molar-refractivity contribution in [2.45, 2.75) is 73.1 Å². The summed E-state index contributed by atoms with van der Waals surface area (Å²) in [7, 11) is 0. The molecule has 0 atom stereocenters. The van der Waals surface area contributed by atoms with Crippen LogP contribution in [0.1, 0.15) is 73.1 Å². The molecule has 0 aliphatic heterocycles. The second-order valence-corrected chi connectivity index (χ2v) is 11.1. The van der Waals surface area contributed by atoms with Crippen molar-refractivity contribution < 1.29 is 19.1 Å². The van der Waals surface area contributed by atoms with E-state index in [0.717, 1.165) is 38.5 Å². The summed E-state index contributed by atoms with van der Waals surface area (Å²) in [6, 6.07) is 0. The summed E-state index contributed by atoms with van der Waals surface area (Å²) in [5.41, 5.74) is 0. The number of rotatable bonds is 16. The van der Waals surface area contributed by atoms with Gasteiger partial charge in [-0.2, -0.15) is 0 Å². The maximum atomic E-state index is 6.16. The predicted molar refractivity (Wildman–Crippen MR) is 93.0 cm³/mol. The van der Waals surface area contributed by atoms with Crippen LogP contribution in [0.3, 0.4) is 0 Å². The van der Waals surface area contributed by atoms with Crippen LogP contribution in [0.5, 0.6) is 0 Å². The van der Waals surface area contributed by atoms with Crippen LogP contribution < -0.4 is 0 Å². The zero-order valence-electron chi connectivity index (χ0n) is 15.3. The molecule has 0 aromatic rings. The van der Waals surface area contributed by atoms with Crippen molar-refractivity contribution in [3.63, 3.8) is 0 Å². The van der Waals surface area contributed by atoms with Crippen molar-refractivity contribution >= 4 is 13.4 Å². The molecule has 0 fully saturated rings. The van der Waals surface area contributed by atoms with Gasteiger partial charge in [-0.25, -0.2) is 0 Å². The fourth-order valence-electron chi connectivity index (χ4n) is 1.69. The summed E-state index contributed by atoms with van der Waals surface area (Å²) in [4.78, 5) is 0. The first-order valence-corrected chi connectivity index (χ1v) is 12.7. The average molecular weight is 389 g/mol. The fourth-order valence-corrected chi connectivity index (χ4v) is 8.19. The van der Waals surface area contributed by atoms with Crippen molar-refractivity contribution in [1.29, 1.82) is 0 Å². The molecule has 0 aliphatic rings. The summed E-state index contributed by atoms with van der Waals surface area (Å²) in [5, 5.41) is 0. The summed E-state index contributed by atoms with van der Waals surface area (Å²) >= 11 is -4.61. The molecular formula is C16H38O5Se. The van der Waals surface area contributed by atoms with E-state index in [1.165, 1.54) is 0 Å². The molecule has 0 amide bonds. The van der Waals surface area contributed by atoms with Gasteiger partial charge in [0.15, 0.2) is 0 Å². The van der Waals surface area contributed by atoms with Gasteiger partial charge in [0.25, 0.3) is 0 Å². The Morgan fingerprint density at radius 3 is 1.05 bits per heavy atom. The first kappa shape index (κ1) is 22.3. The van der Waals surface area contributed by atoms with E-state index in [1.807, 2.05) is 0 Å². The minimum absolute atomic E-state index is 0.523. The third-order valence-corrected chi connectivity index (χ3v) is 9.16. The van der Waals surface area contributed by atoms with Gasteiger partial charge in [0.2, 0.25) is 0 Å². The van der Waals surface area contributed by atoms with Crippen LogP contribution in [0, 0.1) is 0 Å². The van der Waals surface area contributed by atoms with Gasteiger partial charge in [-0.1, -0.05) is 0 Å². The molecule has 5 nitrogen and oxygen atoms in total. The maximum absolute atomic E-state index is 6.16. The molecule has 0 aromatic heterocycles. The number of hydrogen-bond donors (Lipinski definition) is 0. The van der Waals surface area contributed by atoms with Crippen molar-refractivity contribution in [3.05, 3.63) is 0 Å². The monoisotopic (exact) mass is 390 g/mol. The first-order valence-electron chi connectivity index (χ1n) is 8.89. The van der Waals surface area contributed by atoms with Gasteiger partial charge in [0, 0.05) is 0 Å². The molecule has 0 bridgehead atoms. The van der Waals surface area contributed by atoms with Gasteiger partial charge in [-0.05, 0) is 0 Å². The van der Waals surface area contributed by atoms with Crippen LogP contribution in [-0.2, 0) is 19.1 Å². The minimum atomic E-state index is -4.61. The molecule has 22 heavy (non-hydrogen) atoms. The van der Waals surface area contributed by atoms with E-state index in [1.54, 1.807) is 0 Å². The number of hydrogen-bond acceptors (Lipinski definition) is 5. The first-order chi connectivity index (χ1) is 10.6. The van der Waals surface area contributed by atoms with E-state index < -0.39 is 13.4 Å². The zero-order valence-corrected chi connectivity index (χ0v) is 17.1. The summed E-state index contributed by atoms with van der Waals surface area (Å²) in [5.74, 6) is 0. The van der Waals surface area contributed by atoms with E-state index in [4.69, 9.17) is 19.1 Å². The van der Waals surface area contributed by atoms with Crippen LogP contribution in [-0.4, -0.2) is 46.5 Å². The number of unbranched alkanes of at least 4 members (excludes halogenated alkanes) is 1. The third-order valence-electron chi connectivity index (χ3n) is 2.82. The Hall–Kier alpha value is 0.319. The average Bonchev–Trinajstić information content (AvgIpc) is 2.55. The van der Waals surface area contributed by atoms with Crippen LogP contribution in [0.25, 0.3) is 0 Å². The van der Waals surface area contributed by atoms with Gasteiger partial charge in [-0.15, -0.1) is 0 Å². The molecule has 0 rings (SSSR count). The van der Waals surface area contributed by atoms with E-state index in [2.05, 4.69) is 34.6 Å². The molecule has 138 valence electrons. The molecule has 0 heterocycles. The molecule has 0 radical (unpaired) electrons. The second kappa shape index (κ2) is 12.7. The molecule has 0 aromatic carbocycles. The van der Waals surface area contributed by atoms with Gasteiger partial charge < -0.3 is 0 Å². The van der Waals surface area contributed by atoms with Crippen molar-refractivity contribution in [2.75, 3.05) is 33.0 Å². The molecule has 0 saturated heterocycles. The van der Waals surface area contributed by atoms with E-state index in [-0.39, 0.29) is 0 Å². The fraction of sp³-hybridized carbons (Fsp3) is 1.00. The summed E-state index contributed by atoms with van der Waals surface area (Å²) in [6.07, 6.45) is 5.46. The Morgan fingerprint density at radius 1 is 0.455 bits per heavy atom. The Morgan fingerprint density at radius 2 is 0.773 bits per heavy atom. The van der Waals surface area contributed by atoms with Crippen molar-refractivity contribution in [2.24, 2.45) is 0 Å². The van der Waals surface area contributed by atoms with Crippen LogP contribution >= 0.6 is 0 Å². The van der Waals surface area contributed by atoms with Crippen LogP contribution in [0.2, 0.25) is 0 Å². The van der Waals surface area contributed by atoms with Gasteiger partial charge in [0.05, 0.1) is 0 Å². The topological polar surface area (TPSA) is 46.2 Å². The second-order valence-electron chi connectivity index (χ2n) is 5.27. The van der Waals surface area contributed by atoms with Gasteiger partial charge in [-0.3, -0.25) is 0 Å². The van der Waals surface area contributed by atoms with E-state index >= 15 is 0 Å². The molecule has 0 unspecified atom stereocenters. The summed E-state index contributed by atoms with van der Waals surface area (Å²) in [6.45, 7) is 13.0. The van der Waals surface area contributed by atoms with Crippen molar-refractivity contribution in [1.82, 2.24) is 0 Å². The Bertz CT molecular complexity index is 219. The standard InChI is InChI=1S/C16H38O5Se/c1-6-11-16-21-22(17-12-7-2,18-13-8-3,19-14-9-4)20-15-10-5/h22H,6-16H2,1-5H3. The van der Waals surface area contributed by atoms with Gasteiger partial charge >= 0.3 is 139 Å².